The van der Waals surface area contributed by atoms with E-state index in [0.717, 1.165) is 28.1 Å². The Labute approximate surface area is 107 Å². The van der Waals surface area contributed by atoms with E-state index in [1.165, 1.54) is 0 Å². The zero-order valence-corrected chi connectivity index (χ0v) is 10.8. The summed E-state index contributed by atoms with van der Waals surface area (Å²) in [6, 6.07) is 9.49. The van der Waals surface area contributed by atoms with Crippen LogP contribution in [0.2, 0.25) is 0 Å². The second-order valence-electron chi connectivity index (χ2n) is 4.36. The summed E-state index contributed by atoms with van der Waals surface area (Å²) >= 11 is 0. The molecule has 0 saturated heterocycles. The van der Waals surface area contributed by atoms with Gasteiger partial charge in [-0.1, -0.05) is 18.2 Å². The number of aliphatic hydroxyl groups excluding tert-OH is 1. The van der Waals surface area contributed by atoms with Crippen LogP contribution in [0, 0.1) is 13.8 Å². The molecular weight excluding hydrogens is 226 g/mol. The van der Waals surface area contributed by atoms with Crippen LogP contribution in [-0.4, -0.2) is 17.2 Å². The molecule has 1 aromatic heterocycles. The molecule has 0 aliphatic rings. The van der Waals surface area contributed by atoms with E-state index < -0.39 is 6.10 Å². The number of aromatic nitrogens is 1. The summed E-state index contributed by atoms with van der Waals surface area (Å²) in [6.07, 6.45) is 1.03. The second kappa shape index (κ2) is 5.19. The van der Waals surface area contributed by atoms with Crippen LogP contribution in [0.3, 0.4) is 0 Å². The summed E-state index contributed by atoms with van der Waals surface area (Å²) in [5.41, 5.74) is 3.58. The average molecular weight is 243 g/mol. The van der Waals surface area contributed by atoms with Gasteiger partial charge < -0.3 is 9.84 Å². The molecule has 0 spiro atoms. The van der Waals surface area contributed by atoms with Crippen LogP contribution >= 0.6 is 0 Å². The monoisotopic (exact) mass is 243 g/mol. The van der Waals surface area contributed by atoms with E-state index in [2.05, 4.69) is 4.98 Å². The SMILES string of the molecule is COc1cc(C(O)c2ccc(C)nc2)ccc1C. The summed E-state index contributed by atoms with van der Waals surface area (Å²) in [4.78, 5) is 4.19. The highest BCUT2D eigenvalue weighted by Crippen LogP contribution is 2.27. The first-order chi connectivity index (χ1) is 8.61. The van der Waals surface area contributed by atoms with Gasteiger partial charge in [-0.25, -0.2) is 0 Å². The second-order valence-corrected chi connectivity index (χ2v) is 4.36. The number of ether oxygens (including phenoxy) is 1. The van der Waals surface area contributed by atoms with Gasteiger partial charge in [0.2, 0.25) is 0 Å². The topological polar surface area (TPSA) is 42.4 Å². The number of hydrogen-bond donors (Lipinski definition) is 1. The fourth-order valence-electron chi connectivity index (χ4n) is 1.84. The van der Waals surface area contributed by atoms with Crippen molar-refractivity contribution in [3.05, 3.63) is 58.9 Å². The summed E-state index contributed by atoms with van der Waals surface area (Å²) in [5, 5.41) is 10.3. The molecule has 94 valence electrons. The molecule has 0 saturated carbocycles. The van der Waals surface area contributed by atoms with Gasteiger partial charge in [0.1, 0.15) is 11.9 Å². The molecule has 3 nitrogen and oxygen atoms in total. The fraction of sp³-hybridized carbons (Fsp3) is 0.267. The third-order valence-electron chi connectivity index (χ3n) is 3.00. The van der Waals surface area contributed by atoms with Crippen molar-refractivity contribution in [2.75, 3.05) is 7.11 Å². The minimum atomic E-state index is -0.674. The van der Waals surface area contributed by atoms with E-state index in [9.17, 15) is 5.11 Å². The normalized spacial score (nSPS) is 12.2. The Hall–Kier alpha value is -1.87. The van der Waals surface area contributed by atoms with Crippen LogP contribution in [-0.2, 0) is 0 Å². The quantitative estimate of drug-likeness (QED) is 0.901. The lowest BCUT2D eigenvalue weighted by Crippen LogP contribution is -2.01. The van der Waals surface area contributed by atoms with E-state index in [4.69, 9.17) is 4.74 Å². The van der Waals surface area contributed by atoms with Gasteiger partial charge in [0.15, 0.2) is 0 Å². The van der Waals surface area contributed by atoms with Crippen molar-refractivity contribution in [3.8, 4) is 5.75 Å². The largest absolute Gasteiger partial charge is 0.496 e. The van der Waals surface area contributed by atoms with Crippen LogP contribution in [0.1, 0.15) is 28.5 Å². The maximum Gasteiger partial charge on any atom is 0.122 e. The molecule has 0 aliphatic carbocycles. The number of pyridine rings is 1. The number of rotatable bonds is 3. The van der Waals surface area contributed by atoms with E-state index in [1.54, 1.807) is 13.3 Å². The van der Waals surface area contributed by atoms with Crippen LogP contribution in [0.15, 0.2) is 36.5 Å². The Morgan fingerprint density at radius 3 is 2.44 bits per heavy atom. The smallest absolute Gasteiger partial charge is 0.122 e. The highest BCUT2D eigenvalue weighted by atomic mass is 16.5. The van der Waals surface area contributed by atoms with Crippen molar-refractivity contribution in [1.82, 2.24) is 4.98 Å². The number of methoxy groups -OCH3 is 1. The Morgan fingerprint density at radius 2 is 1.83 bits per heavy atom. The Kier molecular flexibility index (Phi) is 3.63. The molecule has 0 aliphatic heterocycles. The van der Waals surface area contributed by atoms with Crippen molar-refractivity contribution in [2.24, 2.45) is 0 Å². The van der Waals surface area contributed by atoms with Gasteiger partial charge in [0.05, 0.1) is 7.11 Å². The molecule has 3 heteroatoms. The molecule has 18 heavy (non-hydrogen) atoms. The lowest BCUT2D eigenvalue weighted by molar-refractivity contribution is 0.219. The van der Waals surface area contributed by atoms with Crippen molar-refractivity contribution in [1.29, 1.82) is 0 Å². The van der Waals surface area contributed by atoms with Gasteiger partial charge in [0.25, 0.3) is 0 Å². The molecule has 1 atom stereocenters. The fourth-order valence-corrected chi connectivity index (χ4v) is 1.84. The van der Waals surface area contributed by atoms with Crippen LogP contribution in [0.4, 0.5) is 0 Å². The first-order valence-electron chi connectivity index (χ1n) is 5.87. The molecule has 0 fully saturated rings. The molecular formula is C15H17NO2. The van der Waals surface area contributed by atoms with Gasteiger partial charge in [-0.2, -0.15) is 0 Å². The molecule has 2 aromatic rings. The highest BCUT2D eigenvalue weighted by molar-refractivity contribution is 5.40. The van der Waals surface area contributed by atoms with E-state index in [-0.39, 0.29) is 0 Å². The zero-order valence-electron chi connectivity index (χ0n) is 10.8. The van der Waals surface area contributed by atoms with E-state index in [0.29, 0.717) is 0 Å². The van der Waals surface area contributed by atoms with Crippen molar-refractivity contribution in [3.63, 3.8) is 0 Å². The zero-order chi connectivity index (χ0) is 13.1. The van der Waals surface area contributed by atoms with Gasteiger partial charge in [-0.3, -0.25) is 4.98 Å². The van der Waals surface area contributed by atoms with Crippen molar-refractivity contribution >= 4 is 0 Å². The lowest BCUT2D eigenvalue weighted by Gasteiger charge is -2.13. The minimum Gasteiger partial charge on any atom is -0.496 e. The molecule has 1 aromatic carbocycles. The number of nitrogens with zero attached hydrogens (tertiary/aromatic N) is 1. The van der Waals surface area contributed by atoms with E-state index in [1.807, 2.05) is 44.2 Å². The van der Waals surface area contributed by atoms with Crippen molar-refractivity contribution in [2.45, 2.75) is 20.0 Å². The Morgan fingerprint density at radius 1 is 1.11 bits per heavy atom. The van der Waals surface area contributed by atoms with Crippen LogP contribution in [0.5, 0.6) is 5.75 Å². The molecule has 2 rings (SSSR count). The Balaban J connectivity index is 2.33. The maximum absolute atomic E-state index is 10.3. The first-order valence-corrected chi connectivity index (χ1v) is 5.87. The summed E-state index contributed by atoms with van der Waals surface area (Å²) in [5.74, 6) is 0.784. The van der Waals surface area contributed by atoms with Crippen LogP contribution < -0.4 is 4.74 Å². The van der Waals surface area contributed by atoms with Gasteiger partial charge in [-0.15, -0.1) is 0 Å². The average Bonchev–Trinajstić information content (AvgIpc) is 2.39. The first kappa shape index (κ1) is 12.6. The van der Waals surface area contributed by atoms with E-state index >= 15 is 0 Å². The molecule has 1 N–H and O–H groups in total. The Bertz CT molecular complexity index is 535. The summed E-state index contributed by atoms with van der Waals surface area (Å²) in [7, 11) is 1.63. The van der Waals surface area contributed by atoms with Crippen LogP contribution in [0.25, 0.3) is 0 Å². The predicted octanol–water partition coefficient (Wildman–Crippen LogP) is 2.79. The van der Waals surface area contributed by atoms with Crippen molar-refractivity contribution < 1.29 is 9.84 Å². The minimum absolute atomic E-state index is 0.674. The standard InChI is InChI=1S/C15H17NO2/c1-10-4-6-12(8-14(10)18-3)15(17)13-7-5-11(2)16-9-13/h4-9,15,17H,1-3H3. The summed E-state index contributed by atoms with van der Waals surface area (Å²) in [6.45, 7) is 3.90. The number of hydrogen-bond acceptors (Lipinski definition) is 3. The number of aliphatic hydroxyl groups is 1. The highest BCUT2D eigenvalue weighted by Gasteiger charge is 2.12. The van der Waals surface area contributed by atoms with Gasteiger partial charge in [0, 0.05) is 17.5 Å². The molecule has 0 bridgehead atoms. The molecule has 1 unspecified atom stereocenters. The predicted molar refractivity (Wildman–Crippen MR) is 70.8 cm³/mol. The van der Waals surface area contributed by atoms with Gasteiger partial charge >= 0.3 is 0 Å². The number of aryl methyl sites for hydroxylation is 2. The number of benzene rings is 1. The third-order valence-corrected chi connectivity index (χ3v) is 3.00. The summed E-state index contributed by atoms with van der Waals surface area (Å²) < 4.78 is 5.26. The van der Waals surface area contributed by atoms with Gasteiger partial charge in [-0.05, 0) is 37.1 Å². The molecule has 0 radical (unpaired) electrons. The maximum atomic E-state index is 10.3. The third kappa shape index (κ3) is 2.51. The molecule has 1 heterocycles. The molecule has 0 amide bonds. The lowest BCUT2D eigenvalue weighted by atomic mass is 10.0.